The van der Waals surface area contributed by atoms with Crippen LogP contribution in [0.15, 0.2) is 54.6 Å². The Labute approximate surface area is 300 Å². The van der Waals surface area contributed by atoms with Gasteiger partial charge in [-0.1, -0.05) is 42.5 Å². The van der Waals surface area contributed by atoms with Gasteiger partial charge in [-0.15, -0.1) is 0 Å². The first-order valence-corrected chi connectivity index (χ1v) is 16.5. The highest BCUT2D eigenvalue weighted by Crippen LogP contribution is 2.08. The van der Waals surface area contributed by atoms with Crippen LogP contribution < -0.4 is 21.9 Å². The van der Waals surface area contributed by atoms with Gasteiger partial charge in [-0.25, -0.2) is 0 Å². The van der Waals surface area contributed by atoms with Crippen molar-refractivity contribution in [2.24, 2.45) is 5.73 Å². The second-order valence-corrected chi connectivity index (χ2v) is 12.0. The van der Waals surface area contributed by atoms with Crippen molar-refractivity contribution in [1.82, 2.24) is 30.9 Å². The molecule has 2 aromatic carbocycles. The molecule has 0 aliphatic rings. The fourth-order valence-corrected chi connectivity index (χ4v) is 5.04. The number of hydrogen-bond donors (Lipinski definition) is 8. The van der Waals surface area contributed by atoms with E-state index in [-0.39, 0.29) is 38.6 Å². The lowest BCUT2D eigenvalue weighted by atomic mass is 10.1. The third-order valence-electron chi connectivity index (χ3n) is 7.63. The number of carbonyl (C=O) groups excluding carboxylic acids is 3. The number of carboxylic acids is 4. The fourth-order valence-electron chi connectivity index (χ4n) is 5.04. The van der Waals surface area contributed by atoms with E-state index in [1.54, 1.807) is 29.2 Å². The fraction of sp³-hybridized carbons (Fsp3) is 0.441. The first kappa shape index (κ1) is 42.7. The number of unbranched alkanes of at least 4 members (excludes halogenated alkanes) is 1. The number of carboxylic acid groups (broad SMARTS) is 4. The monoisotopic (exact) mass is 729 g/mol. The lowest BCUT2D eigenvalue weighted by molar-refractivity contribution is -0.143. The van der Waals surface area contributed by atoms with Crippen molar-refractivity contribution in [3.8, 4) is 0 Å². The molecular formula is C34H47N7O11. The summed E-state index contributed by atoms with van der Waals surface area (Å²) in [6, 6.07) is 15.2. The van der Waals surface area contributed by atoms with Gasteiger partial charge in [-0.3, -0.25) is 59.1 Å². The summed E-state index contributed by atoms with van der Waals surface area (Å²) in [6.07, 6.45) is 2.28. The number of benzene rings is 2. The highest BCUT2D eigenvalue weighted by Gasteiger charge is 2.20. The molecule has 0 aliphatic carbocycles. The Morgan fingerprint density at radius 2 is 1.10 bits per heavy atom. The van der Waals surface area contributed by atoms with Crippen LogP contribution >= 0.6 is 0 Å². The van der Waals surface area contributed by atoms with Crippen LogP contribution in [0.1, 0.15) is 34.3 Å². The van der Waals surface area contributed by atoms with E-state index in [1.165, 1.54) is 9.80 Å². The highest BCUT2D eigenvalue weighted by molar-refractivity contribution is 5.95. The third-order valence-corrected chi connectivity index (χ3v) is 7.63. The van der Waals surface area contributed by atoms with Gasteiger partial charge in [0.05, 0.1) is 38.8 Å². The Morgan fingerprint density at radius 3 is 1.60 bits per heavy atom. The maximum absolute atomic E-state index is 12.8. The Kier molecular flexibility index (Phi) is 19.0. The first-order valence-electron chi connectivity index (χ1n) is 16.5. The summed E-state index contributed by atoms with van der Waals surface area (Å²) >= 11 is 0. The van der Waals surface area contributed by atoms with Gasteiger partial charge < -0.3 is 31.5 Å². The Morgan fingerprint density at radius 1 is 0.596 bits per heavy atom. The zero-order valence-corrected chi connectivity index (χ0v) is 28.7. The number of nitrogens with zero attached hydrogens (tertiary/aromatic N) is 3. The summed E-state index contributed by atoms with van der Waals surface area (Å²) in [5, 5.41) is 39.3. The summed E-state index contributed by atoms with van der Waals surface area (Å²) in [7, 11) is 0. The number of hydrazine groups is 1. The summed E-state index contributed by atoms with van der Waals surface area (Å²) < 4.78 is 0. The van der Waals surface area contributed by atoms with Crippen LogP contribution in [-0.2, 0) is 41.6 Å². The average Bonchev–Trinajstić information content (AvgIpc) is 3.07. The molecule has 18 heteroatoms. The Bertz CT molecular complexity index is 1420. The van der Waals surface area contributed by atoms with E-state index in [4.69, 9.17) is 26.2 Å². The SMILES string of the molecule is NC(Cc1ccccc1)C(=O)NNC(=O)c1ccc(CCCCNC(=O)CN(CCN(CC(=O)O)CC(=O)O)CCN(CC(=O)O)CC(=O)O)cc1. The van der Waals surface area contributed by atoms with Crippen molar-refractivity contribution in [3.05, 3.63) is 71.3 Å². The quantitative estimate of drug-likeness (QED) is 0.0436. The third kappa shape index (κ3) is 18.5. The van der Waals surface area contributed by atoms with Gasteiger partial charge in [0.2, 0.25) is 5.91 Å². The second-order valence-electron chi connectivity index (χ2n) is 12.0. The van der Waals surface area contributed by atoms with Gasteiger partial charge in [0.1, 0.15) is 0 Å². The molecule has 0 heterocycles. The molecule has 0 aliphatic heterocycles. The topological polar surface area (TPSA) is 272 Å². The highest BCUT2D eigenvalue weighted by atomic mass is 16.4. The summed E-state index contributed by atoms with van der Waals surface area (Å²) in [6.45, 7) is -1.97. The largest absolute Gasteiger partial charge is 0.480 e. The van der Waals surface area contributed by atoms with Crippen LogP contribution in [-0.4, -0.2) is 148 Å². The Balaban J connectivity index is 1.81. The number of nitrogens with two attached hydrogens (primary N) is 1. The van der Waals surface area contributed by atoms with E-state index < -0.39 is 67.9 Å². The van der Waals surface area contributed by atoms with Crippen molar-refractivity contribution >= 4 is 41.6 Å². The number of carbonyl (C=O) groups is 7. The molecule has 9 N–H and O–H groups in total. The number of rotatable bonds is 25. The zero-order chi connectivity index (χ0) is 38.5. The molecule has 1 unspecified atom stereocenters. The molecule has 1 atom stereocenters. The minimum atomic E-state index is -1.23. The molecule has 0 bridgehead atoms. The van der Waals surface area contributed by atoms with Crippen molar-refractivity contribution in [3.63, 3.8) is 0 Å². The average molecular weight is 730 g/mol. The van der Waals surface area contributed by atoms with Gasteiger partial charge in [0.25, 0.3) is 11.8 Å². The summed E-state index contributed by atoms with van der Waals surface area (Å²) in [5.74, 6) is -6.34. The molecule has 0 spiro atoms. The predicted octanol–water partition coefficient (Wildman–Crippen LogP) is -1.30. The molecule has 0 radical (unpaired) electrons. The normalized spacial score (nSPS) is 11.6. The molecule has 2 rings (SSSR count). The van der Waals surface area contributed by atoms with Crippen LogP contribution in [0.25, 0.3) is 0 Å². The summed E-state index contributed by atoms with van der Waals surface area (Å²) in [4.78, 5) is 86.2. The maximum Gasteiger partial charge on any atom is 0.317 e. The lowest BCUT2D eigenvalue weighted by Crippen LogP contribution is -2.50. The number of hydrogen-bond acceptors (Lipinski definition) is 11. The van der Waals surface area contributed by atoms with Gasteiger partial charge >= 0.3 is 23.9 Å². The molecular weight excluding hydrogens is 682 g/mol. The maximum atomic E-state index is 12.8. The van der Waals surface area contributed by atoms with E-state index in [2.05, 4.69) is 16.2 Å². The number of nitrogens with one attached hydrogen (secondary N) is 3. The second kappa shape index (κ2) is 23.1. The van der Waals surface area contributed by atoms with E-state index in [0.29, 0.717) is 37.8 Å². The van der Waals surface area contributed by atoms with Crippen molar-refractivity contribution in [1.29, 1.82) is 0 Å². The van der Waals surface area contributed by atoms with Crippen LogP contribution in [0.2, 0.25) is 0 Å². The molecule has 0 fully saturated rings. The summed E-state index contributed by atoms with van der Waals surface area (Å²) in [5.41, 5.74) is 12.8. The van der Waals surface area contributed by atoms with Gasteiger partial charge in [0.15, 0.2) is 0 Å². The molecule has 0 saturated heterocycles. The predicted molar refractivity (Wildman–Crippen MR) is 186 cm³/mol. The van der Waals surface area contributed by atoms with Gasteiger partial charge in [0, 0.05) is 38.3 Å². The van der Waals surface area contributed by atoms with Crippen LogP contribution in [0, 0.1) is 0 Å². The van der Waals surface area contributed by atoms with Crippen molar-refractivity contribution in [2.45, 2.75) is 31.7 Å². The number of aliphatic carboxylic acids is 4. The van der Waals surface area contributed by atoms with E-state index in [9.17, 15) is 33.6 Å². The molecule has 0 aromatic heterocycles. The molecule has 2 aromatic rings. The molecule has 3 amide bonds. The number of aryl methyl sites for hydroxylation is 1. The Hall–Kier alpha value is -5.43. The van der Waals surface area contributed by atoms with Gasteiger partial charge in [-0.2, -0.15) is 0 Å². The van der Waals surface area contributed by atoms with E-state index in [0.717, 1.165) is 11.1 Å². The minimum absolute atomic E-state index is 0.0260. The van der Waals surface area contributed by atoms with Crippen molar-refractivity contribution < 1.29 is 54.0 Å². The smallest absolute Gasteiger partial charge is 0.317 e. The first-order chi connectivity index (χ1) is 24.7. The zero-order valence-electron chi connectivity index (χ0n) is 28.7. The van der Waals surface area contributed by atoms with Crippen LogP contribution in [0.4, 0.5) is 0 Å². The van der Waals surface area contributed by atoms with Crippen LogP contribution in [0.5, 0.6) is 0 Å². The lowest BCUT2D eigenvalue weighted by Gasteiger charge is -2.28. The van der Waals surface area contributed by atoms with Gasteiger partial charge in [-0.05, 0) is 48.9 Å². The van der Waals surface area contributed by atoms with Crippen molar-refractivity contribution in [2.75, 3.05) is 65.4 Å². The molecule has 18 nitrogen and oxygen atoms in total. The molecule has 0 saturated carbocycles. The number of amides is 3. The van der Waals surface area contributed by atoms with E-state index >= 15 is 0 Å². The minimum Gasteiger partial charge on any atom is -0.480 e. The molecule has 52 heavy (non-hydrogen) atoms. The standard InChI is InChI=1S/C34H47N7O11/c35-27(18-25-7-2-1-3-8-25)34(52)38-37-33(51)26-11-9-24(10-12-26)6-4-5-13-36-28(42)19-39(14-16-40(20-29(43)44)21-30(45)46)15-17-41(22-31(47)48)23-32(49)50/h1-3,7-12,27H,4-6,13-23,35H2,(H,36,42)(H,37,51)(H,38,52)(H,43,44)(H,45,46)(H,47,48)(H,49,50). The van der Waals surface area contributed by atoms with Crippen LogP contribution in [0.3, 0.4) is 0 Å². The molecule has 284 valence electrons. The van der Waals surface area contributed by atoms with E-state index in [1.807, 2.05) is 30.3 Å².